The molecule has 0 aliphatic carbocycles. The molecule has 0 atom stereocenters. The van der Waals surface area contributed by atoms with Crippen LogP contribution in [-0.2, 0) is 0 Å². The van der Waals surface area contributed by atoms with Crippen molar-refractivity contribution < 1.29 is 0 Å². The van der Waals surface area contributed by atoms with Crippen molar-refractivity contribution in [2.75, 3.05) is 6.54 Å². The molecular weight excluding hydrogens is 148 g/mol. The van der Waals surface area contributed by atoms with E-state index < -0.39 is 0 Å². The molecular formula is C10H10N2. The molecule has 0 amide bonds. The highest BCUT2D eigenvalue weighted by atomic mass is 14.5. The smallest absolute Gasteiger partial charge is 0.0555 e. The summed E-state index contributed by atoms with van der Waals surface area (Å²) in [7, 11) is 0. The van der Waals surface area contributed by atoms with E-state index in [1.165, 1.54) is 6.21 Å². The fraction of sp³-hybridized carbons (Fsp3) is 0.100. The van der Waals surface area contributed by atoms with Crippen LogP contribution >= 0.6 is 0 Å². The maximum Gasteiger partial charge on any atom is 0.0555 e. The first-order valence-corrected chi connectivity index (χ1v) is 3.66. The van der Waals surface area contributed by atoms with Crippen molar-refractivity contribution in [2.45, 2.75) is 0 Å². The predicted octanol–water partition coefficient (Wildman–Crippen LogP) is 0.994. The first-order valence-electron chi connectivity index (χ1n) is 3.66. The molecule has 0 fully saturated rings. The lowest BCUT2D eigenvalue weighted by Gasteiger charge is -1.91. The van der Waals surface area contributed by atoms with E-state index in [4.69, 9.17) is 11.1 Å². The topological polar surface area (TPSA) is 49.9 Å². The zero-order valence-corrected chi connectivity index (χ0v) is 6.67. The molecule has 1 rings (SSSR count). The van der Waals surface area contributed by atoms with E-state index in [9.17, 15) is 0 Å². The summed E-state index contributed by atoms with van der Waals surface area (Å²) in [6, 6.07) is 7.49. The fourth-order valence-electron chi connectivity index (χ4n) is 0.859. The van der Waals surface area contributed by atoms with Crippen LogP contribution in [0.25, 0.3) is 0 Å². The highest BCUT2D eigenvalue weighted by molar-refractivity contribution is 5.77. The van der Waals surface area contributed by atoms with E-state index >= 15 is 0 Å². The molecule has 60 valence electrons. The van der Waals surface area contributed by atoms with Gasteiger partial charge < -0.3 is 11.1 Å². The Bertz CT molecular complexity index is 331. The Balaban J connectivity index is 2.93. The van der Waals surface area contributed by atoms with Gasteiger partial charge in [-0.1, -0.05) is 24.0 Å². The summed E-state index contributed by atoms with van der Waals surface area (Å²) in [5.74, 6) is 5.66. The molecule has 1 aromatic rings. The molecule has 0 aromatic heterocycles. The van der Waals surface area contributed by atoms with Gasteiger partial charge in [0.25, 0.3) is 0 Å². The Labute approximate surface area is 71.9 Å². The highest BCUT2D eigenvalue weighted by Gasteiger charge is 1.87. The largest absolute Gasteiger partial charge is 0.320 e. The monoisotopic (exact) mass is 158 g/mol. The summed E-state index contributed by atoms with van der Waals surface area (Å²) < 4.78 is 0. The van der Waals surface area contributed by atoms with Gasteiger partial charge in [-0.2, -0.15) is 0 Å². The van der Waals surface area contributed by atoms with Gasteiger partial charge in [0, 0.05) is 11.8 Å². The van der Waals surface area contributed by atoms with Gasteiger partial charge in [0.05, 0.1) is 6.54 Å². The van der Waals surface area contributed by atoms with Crippen molar-refractivity contribution >= 4 is 6.21 Å². The van der Waals surface area contributed by atoms with Crippen LogP contribution in [-0.4, -0.2) is 12.8 Å². The van der Waals surface area contributed by atoms with Gasteiger partial charge in [-0.15, -0.1) is 0 Å². The molecule has 2 nitrogen and oxygen atoms in total. The lowest BCUT2D eigenvalue weighted by Crippen LogP contribution is -1.93. The summed E-state index contributed by atoms with van der Waals surface area (Å²) in [6.45, 7) is 0.370. The quantitative estimate of drug-likeness (QED) is 0.465. The van der Waals surface area contributed by atoms with E-state index in [2.05, 4.69) is 11.8 Å². The van der Waals surface area contributed by atoms with Crippen LogP contribution < -0.4 is 5.73 Å². The zero-order chi connectivity index (χ0) is 8.81. The van der Waals surface area contributed by atoms with Crippen LogP contribution in [0.5, 0.6) is 0 Å². The normalized spacial score (nSPS) is 8.42. The van der Waals surface area contributed by atoms with Crippen LogP contribution in [0.15, 0.2) is 24.3 Å². The van der Waals surface area contributed by atoms with Crippen molar-refractivity contribution in [1.29, 1.82) is 5.41 Å². The summed E-state index contributed by atoms with van der Waals surface area (Å²) in [5.41, 5.74) is 6.99. The van der Waals surface area contributed by atoms with Gasteiger partial charge in [0.2, 0.25) is 0 Å². The van der Waals surface area contributed by atoms with Crippen molar-refractivity contribution in [3.05, 3.63) is 35.4 Å². The summed E-state index contributed by atoms with van der Waals surface area (Å²) >= 11 is 0. The zero-order valence-electron chi connectivity index (χ0n) is 6.67. The third-order valence-electron chi connectivity index (χ3n) is 1.39. The molecule has 0 spiro atoms. The molecule has 1 aromatic carbocycles. The Morgan fingerprint density at radius 3 is 3.00 bits per heavy atom. The van der Waals surface area contributed by atoms with Gasteiger partial charge >= 0.3 is 0 Å². The summed E-state index contributed by atoms with van der Waals surface area (Å²) in [6.07, 6.45) is 1.30. The Kier molecular flexibility index (Phi) is 3.06. The maximum absolute atomic E-state index is 7.02. The summed E-state index contributed by atoms with van der Waals surface area (Å²) in [5, 5.41) is 7.02. The van der Waals surface area contributed by atoms with Crippen LogP contribution in [0.1, 0.15) is 11.1 Å². The SMILES string of the molecule is N=Cc1cccc(C#CCN)c1. The second-order valence-electron chi connectivity index (χ2n) is 2.28. The first-order chi connectivity index (χ1) is 5.86. The van der Waals surface area contributed by atoms with E-state index in [1.807, 2.05) is 24.3 Å². The molecule has 3 N–H and O–H groups in total. The van der Waals surface area contributed by atoms with Crippen LogP contribution in [0.3, 0.4) is 0 Å². The molecule has 0 unspecified atom stereocenters. The van der Waals surface area contributed by atoms with Crippen LogP contribution in [0, 0.1) is 17.3 Å². The van der Waals surface area contributed by atoms with Crippen molar-refractivity contribution in [3.8, 4) is 11.8 Å². The lowest BCUT2D eigenvalue weighted by molar-refractivity contribution is 1.30. The van der Waals surface area contributed by atoms with E-state index in [-0.39, 0.29) is 0 Å². The molecule has 2 heteroatoms. The molecule has 12 heavy (non-hydrogen) atoms. The van der Waals surface area contributed by atoms with Gasteiger partial charge in [0.15, 0.2) is 0 Å². The molecule has 0 heterocycles. The Hall–Kier alpha value is -1.59. The molecule has 0 saturated carbocycles. The van der Waals surface area contributed by atoms with Gasteiger partial charge in [0.1, 0.15) is 0 Å². The number of hydrogen-bond donors (Lipinski definition) is 2. The number of nitrogens with two attached hydrogens (primary N) is 1. The van der Waals surface area contributed by atoms with Crippen LogP contribution in [0.4, 0.5) is 0 Å². The minimum Gasteiger partial charge on any atom is -0.320 e. The van der Waals surface area contributed by atoms with Crippen molar-refractivity contribution in [2.24, 2.45) is 5.73 Å². The standard InChI is InChI=1S/C10H10N2/c11-6-2-5-9-3-1-4-10(7-9)8-12/h1,3-4,7-8,12H,6,11H2. The highest BCUT2D eigenvalue weighted by Crippen LogP contribution is 2.00. The minimum absolute atomic E-state index is 0.370. The maximum atomic E-state index is 7.02. The summed E-state index contributed by atoms with van der Waals surface area (Å²) in [4.78, 5) is 0. The first kappa shape index (κ1) is 8.51. The third-order valence-corrected chi connectivity index (χ3v) is 1.39. The Morgan fingerprint density at radius 2 is 2.33 bits per heavy atom. The van der Waals surface area contributed by atoms with Crippen molar-refractivity contribution in [3.63, 3.8) is 0 Å². The van der Waals surface area contributed by atoms with Gasteiger partial charge in [-0.05, 0) is 17.7 Å². The molecule has 0 radical (unpaired) electrons. The van der Waals surface area contributed by atoms with Crippen LogP contribution in [0.2, 0.25) is 0 Å². The van der Waals surface area contributed by atoms with Crippen molar-refractivity contribution in [1.82, 2.24) is 0 Å². The average molecular weight is 158 g/mol. The van der Waals surface area contributed by atoms with Gasteiger partial charge in [-0.3, -0.25) is 0 Å². The van der Waals surface area contributed by atoms with E-state index in [1.54, 1.807) is 0 Å². The van der Waals surface area contributed by atoms with E-state index in [0.717, 1.165) is 11.1 Å². The third kappa shape index (κ3) is 2.22. The number of hydrogen-bond acceptors (Lipinski definition) is 2. The van der Waals surface area contributed by atoms with Gasteiger partial charge in [-0.25, -0.2) is 0 Å². The Morgan fingerprint density at radius 1 is 1.50 bits per heavy atom. The fourth-order valence-corrected chi connectivity index (χ4v) is 0.859. The molecule has 0 aliphatic rings. The second kappa shape index (κ2) is 4.32. The predicted molar refractivity (Wildman–Crippen MR) is 50.3 cm³/mol. The average Bonchev–Trinajstić information content (AvgIpc) is 2.15. The lowest BCUT2D eigenvalue weighted by atomic mass is 10.1. The molecule has 0 aliphatic heterocycles. The molecule has 0 bridgehead atoms. The molecule has 0 saturated heterocycles. The number of rotatable bonds is 1. The second-order valence-corrected chi connectivity index (χ2v) is 2.28. The number of benzene rings is 1. The van der Waals surface area contributed by atoms with E-state index in [0.29, 0.717) is 6.54 Å². The minimum atomic E-state index is 0.370. The number of nitrogens with one attached hydrogen (secondary N) is 1.